The Morgan fingerprint density at radius 2 is 2.12 bits per heavy atom. The first-order valence-corrected chi connectivity index (χ1v) is 9.16. The quantitative estimate of drug-likeness (QED) is 0.859. The third kappa shape index (κ3) is 3.43. The highest BCUT2D eigenvalue weighted by Crippen LogP contribution is 2.35. The molecule has 9 heteroatoms. The van der Waals surface area contributed by atoms with Crippen molar-refractivity contribution in [2.45, 2.75) is 19.4 Å². The van der Waals surface area contributed by atoms with Crippen molar-refractivity contribution in [2.75, 3.05) is 30.0 Å². The van der Waals surface area contributed by atoms with Gasteiger partial charge in [0.25, 0.3) is 0 Å². The first-order valence-electron chi connectivity index (χ1n) is 8.28. The standard InChI is InChI=1S/C17H18N4O4S/c1-10-9-26-17(18-10)20-16(23)19-11-6-15(22)21(8-11)12-2-3-13-14(7-12)25-5-4-24-13/h2-3,7,9,11H,4-6,8H2,1H3,(H2,18,19,20,23)/t11-/m0/s1. The minimum absolute atomic E-state index is 0.0444. The van der Waals surface area contributed by atoms with Crippen LogP contribution in [-0.4, -0.2) is 42.7 Å². The minimum atomic E-state index is -0.360. The van der Waals surface area contributed by atoms with E-state index in [1.54, 1.807) is 17.0 Å². The molecule has 2 N–H and O–H groups in total. The molecule has 8 nitrogen and oxygen atoms in total. The second-order valence-corrected chi connectivity index (χ2v) is 6.98. The van der Waals surface area contributed by atoms with Gasteiger partial charge < -0.3 is 19.7 Å². The summed E-state index contributed by atoms with van der Waals surface area (Å²) < 4.78 is 11.1. The summed E-state index contributed by atoms with van der Waals surface area (Å²) in [7, 11) is 0. The number of carbonyl (C=O) groups is 2. The summed E-state index contributed by atoms with van der Waals surface area (Å²) in [5.41, 5.74) is 1.59. The highest BCUT2D eigenvalue weighted by atomic mass is 32.1. The fourth-order valence-corrected chi connectivity index (χ4v) is 3.67. The molecule has 0 saturated carbocycles. The van der Waals surface area contributed by atoms with Crippen molar-refractivity contribution in [3.8, 4) is 11.5 Å². The summed E-state index contributed by atoms with van der Waals surface area (Å²) in [6, 6.07) is 4.80. The van der Waals surface area contributed by atoms with Crippen molar-refractivity contribution in [1.29, 1.82) is 0 Å². The fourth-order valence-electron chi connectivity index (χ4n) is 2.98. The van der Waals surface area contributed by atoms with E-state index in [4.69, 9.17) is 9.47 Å². The lowest BCUT2D eigenvalue weighted by Crippen LogP contribution is -2.39. The first kappa shape index (κ1) is 16.6. The summed E-state index contributed by atoms with van der Waals surface area (Å²) in [6.07, 6.45) is 0.249. The number of fused-ring (bicyclic) bond motifs is 1. The van der Waals surface area contributed by atoms with Crippen LogP contribution in [0, 0.1) is 6.92 Å². The van der Waals surface area contributed by atoms with Gasteiger partial charge in [-0.25, -0.2) is 9.78 Å². The van der Waals surface area contributed by atoms with Crippen LogP contribution in [0.3, 0.4) is 0 Å². The van der Waals surface area contributed by atoms with Gasteiger partial charge in [0, 0.05) is 30.1 Å². The first-order chi connectivity index (χ1) is 12.6. The molecule has 3 amide bonds. The van der Waals surface area contributed by atoms with Crippen molar-refractivity contribution >= 4 is 34.1 Å². The van der Waals surface area contributed by atoms with Gasteiger partial charge in [0.15, 0.2) is 16.6 Å². The van der Waals surface area contributed by atoms with E-state index in [-0.39, 0.29) is 24.4 Å². The number of aryl methyl sites for hydroxylation is 1. The number of nitrogens with one attached hydrogen (secondary N) is 2. The molecular formula is C17H18N4O4S. The summed E-state index contributed by atoms with van der Waals surface area (Å²) in [5, 5.41) is 7.91. The molecule has 0 spiro atoms. The zero-order valence-electron chi connectivity index (χ0n) is 14.2. The number of thiazole rings is 1. The number of nitrogens with zero attached hydrogens (tertiary/aromatic N) is 2. The fraction of sp³-hybridized carbons (Fsp3) is 0.353. The molecule has 2 aromatic rings. The van der Waals surface area contributed by atoms with E-state index in [9.17, 15) is 9.59 Å². The van der Waals surface area contributed by atoms with Crippen LogP contribution < -0.4 is 25.0 Å². The predicted octanol–water partition coefficient (Wildman–Crippen LogP) is 2.15. The monoisotopic (exact) mass is 374 g/mol. The number of hydrogen-bond acceptors (Lipinski definition) is 6. The largest absolute Gasteiger partial charge is 0.486 e. The topological polar surface area (TPSA) is 92.8 Å². The maximum absolute atomic E-state index is 12.4. The molecule has 3 heterocycles. The molecule has 136 valence electrons. The number of amides is 3. The van der Waals surface area contributed by atoms with Gasteiger partial charge in [-0.2, -0.15) is 0 Å². The Labute approximate surface area is 154 Å². The Morgan fingerprint density at radius 1 is 1.31 bits per heavy atom. The Balaban J connectivity index is 1.39. The molecule has 0 bridgehead atoms. The number of rotatable bonds is 3. The van der Waals surface area contributed by atoms with Crippen molar-refractivity contribution < 1.29 is 19.1 Å². The molecule has 1 fully saturated rings. The van der Waals surface area contributed by atoms with Gasteiger partial charge in [0.2, 0.25) is 5.91 Å². The normalized spacial score (nSPS) is 18.7. The molecule has 2 aliphatic rings. The maximum Gasteiger partial charge on any atom is 0.321 e. The number of urea groups is 1. The second-order valence-electron chi connectivity index (χ2n) is 6.13. The van der Waals surface area contributed by atoms with Crippen molar-refractivity contribution in [1.82, 2.24) is 10.3 Å². The van der Waals surface area contributed by atoms with E-state index in [1.807, 2.05) is 18.4 Å². The van der Waals surface area contributed by atoms with Gasteiger partial charge in [-0.05, 0) is 19.1 Å². The number of aromatic nitrogens is 1. The van der Waals surface area contributed by atoms with Gasteiger partial charge >= 0.3 is 6.03 Å². The summed E-state index contributed by atoms with van der Waals surface area (Å²) in [4.78, 5) is 30.3. The number of hydrogen-bond donors (Lipinski definition) is 2. The lowest BCUT2D eigenvalue weighted by atomic mass is 10.2. The molecule has 1 saturated heterocycles. The maximum atomic E-state index is 12.4. The van der Waals surface area contributed by atoms with E-state index in [0.717, 1.165) is 11.4 Å². The van der Waals surface area contributed by atoms with Crippen LogP contribution in [0.1, 0.15) is 12.1 Å². The molecule has 0 radical (unpaired) electrons. The number of carbonyl (C=O) groups excluding carboxylic acids is 2. The van der Waals surface area contributed by atoms with E-state index >= 15 is 0 Å². The van der Waals surface area contributed by atoms with E-state index < -0.39 is 0 Å². The molecular weight excluding hydrogens is 356 g/mol. The van der Waals surface area contributed by atoms with Gasteiger partial charge in [0.1, 0.15) is 13.2 Å². The van der Waals surface area contributed by atoms with Crippen molar-refractivity contribution in [2.24, 2.45) is 0 Å². The highest BCUT2D eigenvalue weighted by Gasteiger charge is 2.32. The minimum Gasteiger partial charge on any atom is -0.486 e. The average molecular weight is 374 g/mol. The molecule has 26 heavy (non-hydrogen) atoms. The van der Waals surface area contributed by atoms with Crippen molar-refractivity contribution in [3.05, 3.63) is 29.3 Å². The number of ether oxygens (including phenoxy) is 2. The lowest BCUT2D eigenvalue weighted by Gasteiger charge is -2.22. The van der Waals surface area contributed by atoms with Crippen LogP contribution >= 0.6 is 11.3 Å². The molecule has 4 rings (SSSR count). The van der Waals surface area contributed by atoms with Crippen LogP contribution in [0.25, 0.3) is 0 Å². The molecule has 1 aromatic heterocycles. The third-order valence-corrected chi connectivity index (χ3v) is 5.01. The lowest BCUT2D eigenvalue weighted by molar-refractivity contribution is -0.117. The second kappa shape index (κ2) is 6.83. The predicted molar refractivity (Wildman–Crippen MR) is 97.2 cm³/mol. The van der Waals surface area contributed by atoms with Gasteiger partial charge in [0.05, 0.1) is 11.7 Å². The zero-order chi connectivity index (χ0) is 18.1. The van der Waals surface area contributed by atoms with E-state index in [2.05, 4.69) is 15.6 Å². The van der Waals surface area contributed by atoms with Crippen LogP contribution in [0.2, 0.25) is 0 Å². The molecule has 0 aliphatic carbocycles. The average Bonchev–Trinajstić information content (AvgIpc) is 3.19. The molecule has 0 unspecified atom stereocenters. The van der Waals surface area contributed by atoms with Crippen LogP contribution in [-0.2, 0) is 4.79 Å². The third-order valence-electron chi connectivity index (χ3n) is 4.14. The summed E-state index contributed by atoms with van der Waals surface area (Å²) in [6.45, 7) is 3.28. The Hall–Kier alpha value is -2.81. The Bertz CT molecular complexity index is 853. The smallest absolute Gasteiger partial charge is 0.321 e. The number of benzene rings is 1. The highest BCUT2D eigenvalue weighted by molar-refractivity contribution is 7.13. The summed E-state index contributed by atoms with van der Waals surface area (Å²) in [5.74, 6) is 1.27. The molecule has 1 aromatic carbocycles. The van der Waals surface area contributed by atoms with E-state index in [0.29, 0.717) is 36.4 Å². The number of anilines is 2. The Morgan fingerprint density at radius 3 is 2.88 bits per heavy atom. The van der Waals surface area contributed by atoms with Crippen molar-refractivity contribution in [3.63, 3.8) is 0 Å². The SMILES string of the molecule is Cc1csc(NC(=O)N[C@H]2CC(=O)N(c3ccc4c(c3)OCCO4)C2)n1. The Kier molecular flexibility index (Phi) is 4.37. The van der Waals surface area contributed by atoms with Gasteiger partial charge in [-0.1, -0.05) is 0 Å². The molecule has 1 atom stereocenters. The zero-order valence-corrected chi connectivity index (χ0v) is 15.0. The van der Waals surface area contributed by atoms with E-state index in [1.165, 1.54) is 11.3 Å². The van der Waals surface area contributed by atoms with Crippen LogP contribution in [0.15, 0.2) is 23.6 Å². The van der Waals surface area contributed by atoms with Gasteiger partial charge in [-0.15, -0.1) is 11.3 Å². The van der Waals surface area contributed by atoms with Crippen LogP contribution in [0.4, 0.5) is 15.6 Å². The summed E-state index contributed by atoms with van der Waals surface area (Å²) >= 11 is 1.36. The van der Waals surface area contributed by atoms with Crippen LogP contribution in [0.5, 0.6) is 11.5 Å². The van der Waals surface area contributed by atoms with Gasteiger partial charge in [-0.3, -0.25) is 10.1 Å². The molecule has 2 aliphatic heterocycles.